The van der Waals surface area contributed by atoms with Gasteiger partial charge in [-0.25, -0.2) is 8.42 Å². The van der Waals surface area contributed by atoms with Crippen molar-refractivity contribution < 1.29 is 13.2 Å². The van der Waals surface area contributed by atoms with Crippen molar-refractivity contribution in [3.05, 3.63) is 30.3 Å². The third kappa shape index (κ3) is 3.83. The Morgan fingerprint density at radius 1 is 1.33 bits per heavy atom. The van der Waals surface area contributed by atoms with Gasteiger partial charge < -0.3 is 5.32 Å². The number of carbonyl (C=O) groups is 1. The highest BCUT2D eigenvalue weighted by atomic mass is 32.2. The van der Waals surface area contributed by atoms with Gasteiger partial charge in [-0.05, 0) is 31.4 Å². The number of sulfonamides is 1. The molecule has 1 aliphatic heterocycles. The average molecular weight is 310 g/mol. The molecule has 1 saturated heterocycles. The predicted octanol–water partition coefficient (Wildman–Crippen LogP) is 1.61. The summed E-state index contributed by atoms with van der Waals surface area (Å²) in [6.45, 7) is 3.38. The molecule has 6 heteroatoms. The lowest BCUT2D eigenvalue weighted by Gasteiger charge is -2.31. The van der Waals surface area contributed by atoms with Gasteiger partial charge in [-0.15, -0.1) is 0 Å². The molecule has 1 aliphatic rings. The zero-order valence-corrected chi connectivity index (χ0v) is 13.1. The van der Waals surface area contributed by atoms with Gasteiger partial charge in [-0.1, -0.05) is 25.1 Å². The minimum Gasteiger partial charge on any atom is -0.356 e. The number of nitrogens with one attached hydrogen (secondary N) is 1. The van der Waals surface area contributed by atoms with Crippen molar-refractivity contribution in [1.82, 2.24) is 9.62 Å². The second kappa shape index (κ2) is 7.04. The van der Waals surface area contributed by atoms with E-state index in [4.69, 9.17) is 0 Å². The molecule has 1 aromatic rings. The number of benzene rings is 1. The molecule has 21 heavy (non-hydrogen) atoms. The molecule has 0 aromatic heterocycles. The highest BCUT2D eigenvalue weighted by Gasteiger charge is 2.32. The number of piperidine rings is 1. The fourth-order valence-corrected chi connectivity index (χ4v) is 4.05. The number of carbonyl (C=O) groups excluding carboxylic acids is 1. The molecule has 1 aromatic carbocycles. The fraction of sp³-hybridized carbons (Fsp3) is 0.533. The Kier molecular flexibility index (Phi) is 5.36. The second-order valence-electron chi connectivity index (χ2n) is 5.31. The van der Waals surface area contributed by atoms with Gasteiger partial charge in [0.25, 0.3) is 0 Å². The smallest absolute Gasteiger partial charge is 0.243 e. The number of nitrogens with zero attached hydrogens (tertiary/aromatic N) is 1. The molecule has 1 fully saturated rings. The minimum atomic E-state index is -3.50. The summed E-state index contributed by atoms with van der Waals surface area (Å²) in [7, 11) is -3.50. The molecule has 1 N–H and O–H groups in total. The number of rotatable bonds is 5. The molecule has 0 spiro atoms. The molecule has 0 unspecified atom stereocenters. The lowest BCUT2D eigenvalue weighted by Crippen LogP contribution is -2.45. The van der Waals surface area contributed by atoms with Crippen LogP contribution in [0.3, 0.4) is 0 Å². The summed E-state index contributed by atoms with van der Waals surface area (Å²) in [6.07, 6.45) is 2.34. The van der Waals surface area contributed by atoms with Crippen molar-refractivity contribution in [2.75, 3.05) is 19.6 Å². The molecule has 1 amide bonds. The van der Waals surface area contributed by atoms with Crippen molar-refractivity contribution in [3.8, 4) is 0 Å². The Hall–Kier alpha value is -1.40. The fourth-order valence-electron chi connectivity index (χ4n) is 2.51. The van der Waals surface area contributed by atoms with E-state index in [1.807, 2.05) is 6.92 Å². The van der Waals surface area contributed by atoms with E-state index >= 15 is 0 Å². The number of amides is 1. The summed E-state index contributed by atoms with van der Waals surface area (Å²) in [4.78, 5) is 12.3. The summed E-state index contributed by atoms with van der Waals surface area (Å²) >= 11 is 0. The number of hydrogen-bond acceptors (Lipinski definition) is 3. The molecular weight excluding hydrogens is 288 g/mol. The van der Waals surface area contributed by atoms with E-state index in [0.29, 0.717) is 18.0 Å². The van der Waals surface area contributed by atoms with E-state index < -0.39 is 10.0 Å². The van der Waals surface area contributed by atoms with Crippen molar-refractivity contribution in [3.63, 3.8) is 0 Å². The monoisotopic (exact) mass is 310 g/mol. The quantitative estimate of drug-likeness (QED) is 0.898. The lowest BCUT2D eigenvalue weighted by molar-refractivity contribution is -0.126. The van der Waals surface area contributed by atoms with E-state index in [-0.39, 0.29) is 18.4 Å². The highest BCUT2D eigenvalue weighted by molar-refractivity contribution is 7.89. The normalized spacial score (nSPS) is 20.1. The largest absolute Gasteiger partial charge is 0.356 e. The Bertz CT molecular complexity index is 572. The van der Waals surface area contributed by atoms with Crippen LogP contribution in [0.2, 0.25) is 0 Å². The summed E-state index contributed by atoms with van der Waals surface area (Å²) < 4.78 is 26.6. The van der Waals surface area contributed by atoms with Crippen LogP contribution in [0.15, 0.2) is 35.2 Å². The van der Waals surface area contributed by atoms with Gasteiger partial charge in [0.05, 0.1) is 10.8 Å². The standard InChI is InChI=1S/C15H22N2O3S/c1-2-10-16-15(18)13-7-6-11-17(12-13)21(19,20)14-8-4-3-5-9-14/h3-5,8-9,13H,2,6-7,10-12H2,1H3,(H,16,18)/t13-/m1/s1. The van der Waals surface area contributed by atoms with Crippen LogP contribution in [0.5, 0.6) is 0 Å². The summed E-state index contributed by atoms with van der Waals surface area (Å²) in [6, 6.07) is 8.40. The first kappa shape index (κ1) is 16.0. The van der Waals surface area contributed by atoms with Gasteiger partial charge in [0, 0.05) is 19.6 Å². The van der Waals surface area contributed by atoms with Crippen molar-refractivity contribution in [2.24, 2.45) is 5.92 Å². The van der Waals surface area contributed by atoms with Crippen LogP contribution in [0.25, 0.3) is 0 Å². The van der Waals surface area contributed by atoms with Crippen LogP contribution in [0.4, 0.5) is 0 Å². The minimum absolute atomic E-state index is 0.0372. The molecule has 116 valence electrons. The first-order valence-corrected chi connectivity index (χ1v) is 8.82. The van der Waals surface area contributed by atoms with Crippen LogP contribution in [-0.2, 0) is 14.8 Å². The summed E-state index contributed by atoms with van der Waals surface area (Å²) in [5, 5.41) is 2.85. The maximum absolute atomic E-state index is 12.6. The summed E-state index contributed by atoms with van der Waals surface area (Å²) in [5.41, 5.74) is 0. The topological polar surface area (TPSA) is 66.5 Å². The van der Waals surface area contributed by atoms with Crippen LogP contribution < -0.4 is 5.32 Å². The maximum Gasteiger partial charge on any atom is 0.243 e. The van der Waals surface area contributed by atoms with Crippen LogP contribution in [0, 0.1) is 5.92 Å². The van der Waals surface area contributed by atoms with E-state index in [2.05, 4.69) is 5.32 Å². The van der Waals surface area contributed by atoms with Crippen LogP contribution >= 0.6 is 0 Å². The Morgan fingerprint density at radius 3 is 2.71 bits per heavy atom. The molecule has 5 nitrogen and oxygen atoms in total. The van der Waals surface area contributed by atoms with Crippen LogP contribution in [0.1, 0.15) is 26.2 Å². The van der Waals surface area contributed by atoms with E-state index in [1.165, 1.54) is 4.31 Å². The maximum atomic E-state index is 12.6. The predicted molar refractivity (Wildman–Crippen MR) is 81.2 cm³/mol. The Balaban J connectivity index is 2.09. The number of hydrogen-bond donors (Lipinski definition) is 1. The second-order valence-corrected chi connectivity index (χ2v) is 7.24. The Morgan fingerprint density at radius 2 is 2.05 bits per heavy atom. The molecule has 1 atom stereocenters. The van der Waals surface area contributed by atoms with Crippen molar-refractivity contribution in [1.29, 1.82) is 0 Å². The first-order valence-electron chi connectivity index (χ1n) is 7.38. The van der Waals surface area contributed by atoms with Crippen LogP contribution in [-0.4, -0.2) is 38.3 Å². The van der Waals surface area contributed by atoms with Gasteiger partial charge in [0.15, 0.2) is 0 Å². The van der Waals surface area contributed by atoms with Crippen molar-refractivity contribution in [2.45, 2.75) is 31.1 Å². The zero-order chi connectivity index (χ0) is 15.3. The Labute approximate surface area is 126 Å². The summed E-state index contributed by atoms with van der Waals surface area (Å²) in [5.74, 6) is -0.284. The molecule has 0 radical (unpaired) electrons. The van der Waals surface area contributed by atoms with Crippen molar-refractivity contribution >= 4 is 15.9 Å². The molecule has 0 bridgehead atoms. The molecule has 0 aliphatic carbocycles. The molecular formula is C15H22N2O3S. The molecule has 2 rings (SSSR count). The molecule has 0 saturated carbocycles. The van der Waals surface area contributed by atoms with Gasteiger partial charge in [0.2, 0.25) is 15.9 Å². The van der Waals surface area contributed by atoms with E-state index in [9.17, 15) is 13.2 Å². The van der Waals surface area contributed by atoms with Gasteiger partial charge in [-0.2, -0.15) is 4.31 Å². The molecule has 1 heterocycles. The highest BCUT2D eigenvalue weighted by Crippen LogP contribution is 2.23. The third-order valence-electron chi connectivity index (χ3n) is 3.69. The average Bonchev–Trinajstić information content (AvgIpc) is 2.53. The van der Waals surface area contributed by atoms with Gasteiger partial charge >= 0.3 is 0 Å². The van der Waals surface area contributed by atoms with E-state index in [0.717, 1.165) is 19.3 Å². The SMILES string of the molecule is CCCNC(=O)[C@@H]1CCCN(S(=O)(=O)c2ccccc2)C1. The van der Waals surface area contributed by atoms with Gasteiger partial charge in [0.1, 0.15) is 0 Å². The first-order chi connectivity index (χ1) is 10.1. The van der Waals surface area contributed by atoms with Gasteiger partial charge in [-0.3, -0.25) is 4.79 Å². The zero-order valence-electron chi connectivity index (χ0n) is 12.3. The lowest BCUT2D eigenvalue weighted by atomic mass is 9.99. The third-order valence-corrected chi connectivity index (χ3v) is 5.56. The van der Waals surface area contributed by atoms with E-state index in [1.54, 1.807) is 30.3 Å².